The smallest absolute Gasteiger partial charge is 0.379 e. The molecular formula is C61H50O15. The van der Waals surface area contributed by atoms with Gasteiger partial charge < -0.3 is 28.4 Å². The number of fused-ring (bicyclic) bond motifs is 3. The van der Waals surface area contributed by atoms with Gasteiger partial charge in [0.2, 0.25) is 11.6 Å². The van der Waals surface area contributed by atoms with Crippen LogP contribution < -0.4 is 28.4 Å². The normalized spacial score (nSPS) is 10.1. The zero-order chi connectivity index (χ0) is 55.8. The van der Waals surface area contributed by atoms with Crippen LogP contribution in [0.1, 0.15) is 57.5 Å². The van der Waals surface area contributed by atoms with Crippen molar-refractivity contribution in [2.24, 2.45) is 0 Å². The Bertz CT molecular complexity index is 3240. The van der Waals surface area contributed by atoms with E-state index in [1.807, 2.05) is 60.7 Å². The Balaban J connectivity index is 0.000000211. The minimum atomic E-state index is -0.986. The Morgan fingerprint density at radius 2 is 0.526 bits per heavy atom. The first-order chi connectivity index (χ1) is 36.0. The third-order valence-corrected chi connectivity index (χ3v) is 10.3. The van der Waals surface area contributed by atoms with Gasteiger partial charge in [-0.15, -0.1) is 0 Å². The number of hydrogen-bond acceptors (Lipinski definition) is 15. The predicted octanol–water partition coefficient (Wildman–Crippen LogP) is 11.2. The summed E-state index contributed by atoms with van der Waals surface area (Å²) in [6.45, 7) is 22.8. The molecule has 0 atom stereocenters. The van der Waals surface area contributed by atoms with Crippen LogP contribution in [0.5, 0.6) is 34.5 Å². The van der Waals surface area contributed by atoms with E-state index in [2.05, 4.69) is 26.3 Å². The van der Waals surface area contributed by atoms with Crippen LogP contribution in [0.25, 0.3) is 32.7 Å². The van der Waals surface area contributed by atoms with Gasteiger partial charge in [-0.05, 0) is 157 Å². The molecule has 0 saturated carbocycles. The summed E-state index contributed by atoms with van der Waals surface area (Å²) in [4.78, 5) is 103. The lowest BCUT2D eigenvalue weighted by Crippen LogP contribution is -2.17. The number of carbonyl (C=O) groups is 9. The lowest BCUT2D eigenvalue weighted by atomic mass is 10.0. The highest BCUT2D eigenvalue weighted by atomic mass is 16.6. The van der Waals surface area contributed by atoms with Crippen molar-refractivity contribution in [1.82, 2.24) is 0 Å². The second-order valence-electron chi connectivity index (χ2n) is 16.8. The molecule has 0 bridgehead atoms. The standard InChI is InChI=1S/C22H18O4.C20H18O4.C19H14O7/c1-13(2)21(23)25-17-7-9-19-15(11-17)5-6-16-12-18(8-10-20(16)19)26-22(24)14(3)4;1-13(2)19(21)23-17-9-5-15(6-10-17)16-7-11-18(12-8-16)24-20(22)14(3)4;1-11(20)18(23)25-15-7-3-13(4-8-15)17(22)14-5-9-16(10-6-14)26-19(24)12(2)21/h5-12H,1,3H2,2,4H3;5-12H,1,3H2,2,4H3;3-10H,1-2H3. The minimum absolute atomic E-state index is 0.147. The highest BCUT2D eigenvalue weighted by Gasteiger charge is 2.16. The third kappa shape index (κ3) is 16.2. The number of rotatable bonds is 15. The maximum Gasteiger partial charge on any atom is 0.379 e. The van der Waals surface area contributed by atoms with Crippen LogP contribution >= 0.6 is 0 Å². The van der Waals surface area contributed by atoms with Crippen LogP contribution in [0, 0.1) is 0 Å². The molecule has 7 aromatic rings. The Morgan fingerprint density at radius 1 is 0.289 bits per heavy atom. The molecule has 0 aromatic heterocycles. The molecule has 7 rings (SSSR count). The Morgan fingerprint density at radius 3 is 0.789 bits per heavy atom. The molecule has 0 N–H and O–H groups in total. The van der Waals surface area contributed by atoms with Gasteiger partial charge in [0.1, 0.15) is 34.5 Å². The van der Waals surface area contributed by atoms with E-state index in [4.69, 9.17) is 28.4 Å². The van der Waals surface area contributed by atoms with E-state index in [1.165, 1.54) is 48.5 Å². The average Bonchev–Trinajstić information content (AvgIpc) is 3.39. The predicted molar refractivity (Wildman–Crippen MR) is 284 cm³/mol. The maximum absolute atomic E-state index is 12.4. The lowest BCUT2D eigenvalue weighted by molar-refractivity contribution is -0.146. The largest absolute Gasteiger partial charge is 0.423 e. The van der Waals surface area contributed by atoms with Crippen LogP contribution in [0.15, 0.2) is 194 Å². The fourth-order valence-corrected chi connectivity index (χ4v) is 6.24. The number of Topliss-reactive ketones (excluding diaryl/α,β-unsaturated/α-hetero) is 2. The summed E-state index contributed by atoms with van der Waals surface area (Å²) < 4.78 is 30.5. The van der Waals surface area contributed by atoms with Gasteiger partial charge in [-0.1, -0.05) is 74.8 Å². The summed E-state index contributed by atoms with van der Waals surface area (Å²) in [7, 11) is 0. The highest BCUT2D eigenvalue weighted by Crippen LogP contribution is 2.31. The van der Waals surface area contributed by atoms with Gasteiger partial charge in [0, 0.05) is 47.3 Å². The van der Waals surface area contributed by atoms with Crippen LogP contribution in [0.3, 0.4) is 0 Å². The zero-order valence-corrected chi connectivity index (χ0v) is 42.3. The van der Waals surface area contributed by atoms with Gasteiger partial charge in [0.05, 0.1) is 0 Å². The number of carbonyl (C=O) groups excluding carboxylic acids is 9. The van der Waals surface area contributed by atoms with Crippen LogP contribution in [0.2, 0.25) is 0 Å². The number of ether oxygens (including phenoxy) is 6. The molecule has 7 aromatic carbocycles. The van der Waals surface area contributed by atoms with Crippen molar-refractivity contribution >= 4 is 74.7 Å². The molecule has 0 aliphatic carbocycles. The fourth-order valence-electron chi connectivity index (χ4n) is 6.24. The van der Waals surface area contributed by atoms with E-state index in [0.717, 1.165) is 46.5 Å². The van der Waals surface area contributed by atoms with E-state index in [1.54, 1.807) is 64.1 Å². The summed E-state index contributed by atoms with van der Waals surface area (Å²) >= 11 is 0. The van der Waals surface area contributed by atoms with Crippen LogP contribution in [-0.2, 0) is 38.4 Å². The molecule has 0 radical (unpaired) electrons. The Labute approximate surface area is 437 Å². The molecule has 0 amide bonds. The van der Waals surface area contributed by atoms with E-state index in [-0.39, 0.29) is 17.3 Å². The second-order valence-corrected chi connectivity index (χ2v) is 16.8. The van der Waals surface area contributed by atoms with Gasteiger partial charge in [-0.2, -0.15) is 0 Å². The summed E-state index contributed by atoms with van der Waals surface area (Å²) in [6.07, 6.45) is 0. The van der Waals surface area contributed by atoms with Gasteiger partial charge in [0.25, 0.3) is 0 Å². The highest BCUT2D eigenvalue weighted by molar-refractivity contribution is 6.33. The molecule has 0 unspecified atom stereocenters. The topological polar surface area (TPSA) is 209 Å². The molecule has 384 valence electrons. The van der Waals surface area contributed by atoms with Crippen molar-refractivity contribution in [2.45, 2.75) is 41.5 Å². The van der Waals surface area contributed by atoms with Gasteiger partial charge in [-0.3, -0.25) is 14.4 Å². The van der Waals surface area contributed by atoms with Crippen molar-refractivity contribution in [3.63, 3.8) is 0 Å². The Kier molecular flexibility index (Phi) is 19.4. The molecule has 0 aliphatic heterocycles. The van der Waals surface area contributed by atoms with Gasteiger partial charge in [-0.25, -0.2) is 28.8 Å². The van der Waals surface area contributed by atoms with Gasteiger partial charge in [0.15, 0.2) is 5.78 Å². The number of ketones is 3. The van der Waals surface area contributed by atoms with Crippen molar-refractivity contribution in [3.8, 4) is 45.6 Å². The summed E-state index contributed by atoms with van der Waals surface area (Å²) in [6, 6.07) is 40.4. The SMILES string of the molecule is C=C(C)C(=O)Oc1ccc(-c2ccc(OC(=O)C(=C)C)cc2)cc1.C=C(C)C(=O)Oc1ccc2c(ccc3cc(OC(=O)C(=C)C)ccc32)c1.CC(=O)C(=O)Oc1ccc(C(=O)c2ccc(OC(=O)C(C)=O)cc2)cc1. The van der Waals surface area contributed by atoms with E-state index >= 15 is 0 Å². The zero-order valence-electron chi connectivity index (χ0n) is 42.3. The molecule has 15 nitrogen and oxygen atoms in total. The molecule has 0 aliphatic rings. The summed E-state index contributed by atoms with van der Waals surface area (Å²) in [5, 5.41) is 3.90. The van der Waals surface area contributed by atoms with E-state index < -0.39 is 47.4 Å². The molecule has 0 heterocycles. The minimum Gasteiger partial charge on any atom is -0.423 e. The average molecular weight is 1020 g/mol. The molecular weight excluding hydrogens is 973 g/mol. The first kappa shape index (κ1) is 56.8. The quantitative estimate of drug-likeness (QED) is 0.0234. The second kappa shape index (κ2) is 26.0. The number of hydrogen-bond donors (Lipinski definition) is 0. The first-order valence-corrected chi connectivity index (χ1v) is 22.9. The van der Waals surface area contributed by atoms with E-state index in [0.29, 0.717) is 56.4 Å². The molecule has 0 fully saturated rings. The van der Waals surface area contributed by atoms with Crippen molar-refractivity contribution in [3.05, 3.63) is 205 Å². The van der Waals surface area contributed by atoms with Crippen LogP contribution in [-0.4, -0.2) is 53.2 Å². The summed E-state index contributed by atoms with van der Waals surface area (Å²) in [5.41, 5.74) is 3.95. The monoisotopic (exact) mass is 1020 g/mol. The first-order valence-electron chi connectivity index (χ1n) is 22.9. The molecule has 0 spiro atoms. The maximum atomic E-state index is 12.4. The van der Waals surface area contributed by atoms with Crippen LogP contribution in [0.4, 0.5) is 0 Å². The summed E-state index contributed by atoms with van der Waals surface area (Å²) in [5.74, 6) is -3.39. The fraction of sp³-hybridized carbons (Fsp3) is 0.0984. The van der Waals surface area contributed by atoms with Crippen molar-refractivity contribution in [2.75, 3.05) is 0 Å². The lowest BCUT2D eigenvalue weighted by Gasteiger charge is -2.09. The molecule has 15 heteroatoms. The van der Waals surface area contributed by atoms with Crippen molar-refractivity contribution < 1.29 is 71.6 Å². The molecule has 0 saturated heterocycles. The third-order valence-electron chi connectivity index (χ3n) is 10.3. The van der Waals surface area contributed by atoms with Crippen molar-refractivity contribution in [1.29, 1.82) is 0 Å². The molecule has 76 heavy (non-hydrogen) atoms. The van der Waals surface area contributed by atoms with Gasteiger partial charge >= 0.3 is 35.8 Å². The number of esters is 6. The van der Waals surface area contributed by atoms with E-state index in [9.17, 15) is 43.2 Å². The Hall–Kier alpha value is -10.2. The number of benzene rings is 7.